The predicted molar refractivity (Wildman–Crippen MR) is 76.2 cm³/mol. The van der Waals surface area contributed by atoms with Crippen molar-refractivity contribution in [3.63, 3.8) is 0 Å². The molecule has 7 heteroatoms. The van der Waals surface area contributed by atoms with Crippen molar-refractivity contribution < 1.29 is 14.4 Å². The zero-order valence-electron chi connectivity index (χ0n) is 11.2. The van der Waals surface area contributed by atoms with E-state index in [0.29, 0.717) is 24.7 Å². The monoisotopic (exact) mass is 305 g/mol. The standard InChI is InChI=1S/C14H15N3O3S/c18-8-5-9(15-6-8)14-16-13(17-20-14)11-7-21-12-4-2-1-3-10(12)19-11/h1-4,8-9,11,15,18H,5-7H2/t8-,9-,11?/m0/s1. The van der Waals surface area contributed by atoms with Crippen LogP contribution in [-0.2, 0) is 0 Å². The summed E-state index contributed by atoms with van der Waals surface area (Å²) in [5.41, 5.74) is 0. The molecule has 2 aliphatic heterocycles. The lowest BCUT2D eigenvalue weighted by Gasteiger charge is -2.22. The number of nitrogens with one attached hydrogen (secondary N) is 1. The first kappa shape index (κ1) is 13.1. The topological polar surface area (TPSA) is 80.4 Å². The van der Waals surface area contributed by atoms with Crippen molar-refractivity contribution in [2.75, 3.05) is 12.3 Å². The zero-order chi connectivity index (χ0) is 14.2. The van der Waals surface area contributed by atoms with Crippen LogP contribution < -0.4 is 10.1 Å². The average molecular weight is 305 g/mol. The average Bonchev–Trinajstić information content (AvgIpc) is 3.15. The number of fused-ring (bicyclic) bond motifs is 1. The van der Waals surface area contributed by atoms with Crippen LogP contribution in [0, 0.1) is 0 Å². The number of aromatic nitrogens is 2. The van der Waals surface area contributed by atoms with E-state index in [1.165, 1.54) is 0 Å². The lowest BCUT2D eigenvalue weighted by molar-refractivity contribution is 0.190. The van der Waals surface area contributed by atoms with E-state index >= 15 is 0 Å². The van der Waals surface area contributed by atoms with Crippen LogP contribution >= 0.6 is 11.8 Å². The van der Waals surface area contributed by atoms with Crippen LogP contribution in [0.3, 0.4) is 0 Å². The molecular formula is C14H15N3O3S. The molecule has 3 heterocycles. The lowest BCUT2D eigenvalue weighted by atomic mass is 10.2. The third-order valence-corrected chi connectivity index (χ3v) is 4.78. The summed E-state index contributed by atoms with van der Waals surface area (Å²) in [6, 6.07) is 7.88. The van der Waals surface area contributed by atoms with Gasteiger partial charge in [0.15, 0.2) is 6.10 Å². The van der Waals surface area contributed by atoms with Gasteiger partial charge in [0.05, 0.1) is 12.1 Å². The summed E-state index contributed by atoms with van der Waals surface area (Å²) in [6.07, 6.45) is 0.0533. The number of rotatable bonds is 2. The van der Waals surface area contributed by atoms with Crippen LogP contribution in [0.4, 0.5) is 0 Å². The first-order valence-electron chi connectivity index (χ1n) is 6.93. The number of β-amino-alcohol motifs (C(OH)–C–C–N with tert-alkyl or cyclic N) is 1. The van der Waals surface area contributed by atoms with Crippen molar-refractivity contribution in [1.29, 1.82) is 0 Å². The van der Waals surface area contributed by atoms with Crippen molar-refractivity contribution in [2.24, 2.45) is 0 Å². The van der Waals surface area contributed by atoms with Crippen LogP contribution in [0.5, 0.6) is 5.75 Å². The first-order chi connectivity index (χ1) is 10.3. The van der Waals surface area contributed by atoms with E-state index in [1.807, 2.05) is 24.3 Å². The van der Waals surface area contributed by atoms with Gasteiger partial charge in [0.25, 0.3) is 0 Å². The summed E-state index contributed by atoms with van der Waals surface area (Å²) in [6.45, 7) is 0.561. The Morgan fingerprint density at radius 2 is 2.24 bits per heavy atom. The molecule has 0 spiro atoms. The zero-order valence-corrected chi connectivity index (χ0v) is 12.0. The van der Waals surface area contributed by atoms with Crippen molar-refractivity contribution in [3.8, 4) is 5.75 Å². The molecule has 2 N–H and O–H groups in total. The fourth-order valence-corrected chi connectivity index (χ4v) is 3.55. The maximum absolute atomic E-state index is 9.55. The molecule has 3 atom stereocenters. The second kappa shape index (κ2) is 5.32. The van der Waals surface area contributed by atoms with Gasteiger partial charge < -0.3 is 19.7 Å². The van der Waals surface area contributed by atoms with E-state index in [0.717, 1.165) is 16.4 Å². The Morgan fingerprint density at radius 3 is 3.10 bits per heavy atom. The SMILES string of the molecule is O[C@@H]1CN[C@H](c2nc(C3CSc4ccccc4O3)no2)C1. The van der Waals surface area contributed by atoms with Gasteiger partial charge in [-0.05, 0) is 18.6 Å². The summed E-state index contributed by atoms with van der Waals surface area (Å²) in [7, 11) is 0. The van der Waals surface area contributed by atoms with E-state index in [1.54, 1.807) is 11.8 Å². The number of ether oxygens (including phenoxy) is 1. The molecule has 0 bridgehead atoms. The highest BCUT2D eigenvalue weighted by atomic mass is 32.2. The van der Waals surface area contributed by atoms with Crippen LogP contribution in [0.25, 0.3) is 0 Å². The quantitative estimate of drug-likeness (QED) is 0.874. The van der Waals surface area contributed by atoms with Gasteiger partial charge in [0.2, 0.25) is 11.7 Å². The van der Waals surface area contributed by atoms with Gasteiger partial charge in [-0.15, -0.1) is 11.8 Å². The number of hydrogen-bond donors (Lipinski definition) is 2. The highest BCUT2D eigenvalue weighted by Crippen LogP contribution is 2.39. The molecule has 1 aromatic heterocycles. The number of hydrogen-bond acceptors (Lipinski definition) is 7. The largest absolute Gasteiger partial charge is 0.480 e. The Hall–Kier alpha value is -1.57. The molecule has 2 aliphatic rings. The molecule has 0 saturated carbocycles. The molecule has 0 radical (unpaired) electrons. The minimum absolute atomic E-state index is 0.0650. The molecule has 2 aromatic rings. The Bertz CT molecular complexity index is 648. The highest BCUT2D eigenvalue weighted by Gasteiger charge is 2.31. The predicted octanol–water partition coefficient (Wildman–Crippen LogP) is 1.69. The highest BCUT2D eigenvalue weighted by molar-refractivity contribution is 7.99. The Morgan fingerprint density at radius 1 is 1.33 bits per heavy atom. The molecule has 4 rings (SSSR count). The van der Waals surface area contributed by atoms with Gasteiger partial charge in [-0.1, -0.05) is 17.3 Å². The van der Waals surface area contributed by atoms with Crippen LogP contribution in [0.2, 0.25) is 0 Å². The van der Waals surface area contributed by atoms with Gasteiger partial charge in [0, 0.05) is 17.2 Å². The number of benzene rings is 1. The smallest absolute Gasteiger partial charge is 0.244 e. The van der Waals surface area contributed by atoms with Gasteiger partial charge in [-0.3, -0.25) is 0 Å². The van der Waals surface area contributed by atoms with Crippen molar-refractivity contribution >= 4 is 11.8 Å². The van der Waals surface area contributed by atoms with Gasteiger partial charge >= 0.3 is 0 Å². The first-order valence-corrected chi connectivity index (χ1v) is 7.91. The minimum Gasteiger partial charge on any atom is -0.480 e. The second-order valence-electron chi connectivity index (χ2n) is 5.21. The molecule has 6 nitrogen and oxygen atoms in total. The molecule has 0 amide bonds. The van der Waals surface area contributed by atoms with Crippen molar-refractivity contribution in [2.45, 2.75) is 29.6 Å². The minimum atomic E-state index is -0.348. The van der Waals surface area contributed by atoms with Gasteiger partial charge in [0.1, 0.15) is 5.75 Å². The molecule has 1 fully saturated rings. The normalized spacial score (nSPS) is 28.1. The maximum atomic E-state index is 9.55. The Kier molecular flexibility index (Phi) is 3.33. The third-order valence-electron chi connectivity index (χ3n) is 3.66. The number of aliphatic hydroxyl groups is 1. The number of nitrogens with zero attached hydrogens (tertiary/aromatic N) is 2. The summed E-state index contributed by atoms with van der Waals surface area (Å²) < 4.78 is 11.3. The van der Waals surface area contributed by atoms with Gasteiger partial charge in [-0.25, -0.2) is 0 Å². The molecule has 0 aliphatic carbocycles. The second-order valence-corrected chi connectivity index (χ2v) is 6.27. The number of aliphatic hydroxyl groups excluding tert-OH is 1. The molecule has 21 heavy (non-hydrogen) atoms. The van der Waals surface area contributed by atoms with Gasteiger partial charge in [-0.2, -0.15) is 4.98 Å². The van der Waals surface area contributed by atoms with Crippen LogP contribution in [0.1, 0.15) is 30.3 Å². The summed E-state index contributed by atoms with van der Waals surface area (Å²) in [4.78, 5) is 5.57. The molecule has 110 valence electrons. The summed E-state index contributed by atoms with van der Waals surface area (Å²) in [5, 5.41) is 16.7. The molecular weight excluding hydrogens is 290 g/mol. The maximum Gasteiger partial charge on any atom is 0.244 e. The molecule has 1 aromatic carbocycles. The fraction of sp³-hybridized carbons (Fsp3) is 0.429. The molecule has 1 unspecified atom stereocenters. The van der Waals surface area contributed by atoms with E-state index in [2.05, 4.69) is 15.5 Å². The summed E-state index contributed by atoms with van der Waals surface area (Å²) in [5.74, 6) is 2.71. The third kappa shape index (κ3) is 2.52. The molecule has 1 saturated heterocycles. The number of para-hydroxylation sites is 1. The van der Waals surface area contributed by atoms with Crippen LogP contribution in [-0.4, -0.2) is 33.6 Å². The van der Waals surface area contributed by atoms with E-state index < -0.39 is 0 Å². The van der Waals surface area contributed by atoms with Crippen molar-refractivity contribution in [1.82, 2.24) is 15.5 Å². The lowest BCUT2D eigenvalue weighted by Crippen LogP contribution is -2.17. The summed E-state index contributed by atoms with van der Waals surface area (Å²) >= 11 is 1.73. The number of thioether (sulfide) groups is 1. The van der Waals surface area contributed by atoms with E-state index in [-0.39, 0.29) is 18.2 Å². The Balaban J connectivity index is 1.52. The van der Waals surface area contributed by atoms with E-state index in [4.69, 9.17) is 9.26 Å². The Labute approximate surface area is 125 Å². The van der Waals surface area contributed by atoms with E-state index in [9.17, 15) is 5.11 Å². The van der Waals surface area contributed by atoms with Crippen LogP contribution in [0.15, 0.2) is 33.7 Å². The fourth-order valence-electron chi connectivity index (χ4n) is 2.57. The van der Waals surface area contributed by atoms with Crippen molar-refractivity contribution in [3.05, 3.63) is 36.0 Å².